The Bertz CT molecular complexity index is 858. The zero-order valence-corrected chi connectivity index (χ0v) is 16.7. The molecular formula is C18H26N4O5S. The fraction of sp³-hybridized carbons (Fsp3) is 0.556. The molecule has 10 heteroatoms. The van der Waals surface area contributed by atoms with Gasteiger partial charge in [0.15, 0.2) is 0 Å². The second kappa shape index (κ2) is 8.46. The number of amides is 3. The van der Waals surface area contributed by atoms with E-state index in [0.29, 0.717) is 32.7 Å². The summed E-state index contributed by atoms with van der Waals surface area (Å²) in [7, 11) is -2.06. The van der Waals surface area contributed by atoms with E-state index < -0.39 is 16.1 Å². The fourth-order valence-electron chi connectivity index (χ4n) is 3.80. The number of rotatable bonds is 6. The molecule has 1 saturated heterocycles. The lowest BCUT2D eigenvalue weighted by atomic mass is 10.00. The summed E-state index contributed by atoms with van der Waals surface area (Å²) in [6.45, 7) is 1.51. The number of carbonyl (C=O) groups excluding carboxylic acids is 2. The van der Waals surface area contributed by atoms with Gasteiger partial charge < -0.3 is 20.7 Å². The van der Waals surface area contributed by atoms with Crippen molar-refractivity contribution in [3.63, 3.8) is 0 Å². The molecule has 3 amide bonds. The van der Waals surface area contributed by atoms with Crippen molar-refractivity contribution in [1.29, 1.82) is 0 Å². The number of carbonyl (C=O) groups is 2. The van der Waals surface area contributed by atoms with Crippen LogP contribution >= 0.6 is 0 Å². The molecule has 0 radical (unpaired) electrons. The van der Waals surface area contributed by atoms with E-state index in [2.05, 4.69) is 5.32 Å². The summed E-state index contributed by atoms with van der Waals surface area (Å²) in [4.78, 5) is 24.9. The molecule has 0 saturated carbocycles. The predicted molar refractivity (Wildman–Crippen MR) is 102 cm³/mol. The highest BCUT2D eigenvalue weighted by molar-refractivity contribution is 7.89. The summed E-state index contributed by atoms with van der Waals surface area (Å²) in [5.74, 6) is -0.252. The van der Waals surface area contributed by atoms with Gasteiger partial charge in [-0.3, -0.25) is 4.79 Å². The van der Waals surface area contributed by atoms with Crippen LogP contribution in [0.25, 0.3) is 0 Å². The molecule has 1 aromatic rings. The number of hydrogen-bond acceptors (Lipinski definition) is 5. The second-order valence-electron chi connectivity index (χ2n) is 7.08. The van der Waals surface area contributed by atoms with Gasteiger partial charge in [-0.1, -0.05) is 6.07 Å². The number of primary amides is 1. The van der Waals surface area contributed by atoms with E-state index in [-0.39, 0.29) is 23.4 Å². The molecule has 0 unspecified atom stereocenters. The Morgan fingerprint density at radius 2 is 2.07 bits per heavy atom. The molecule has 1 fully saturated rings. The molecule has 3 N–H and O–H groups in total. The Hall–Kier alpha value is -2.17. The van der Waals surface area contributed by atoms with Crippen molar-refractivity contribution < 1.29 is 22.7 Å². The third-order valence-corrected chi connectivity index (χ3v) is 7.19. The van der Waals surface area contributed by atoms with Crippen molar-refractivity contribution >= 4 is 22.0 Å². The highest BCUT2D eigenvalue weighted by Gasteiger charge is 2.35. The molecule has 2 aliphatic heterocycles. The largest absolute Gasteiger partial charge is 0.383 e. The van der Waals surface area contributed by atoms with Crippen molar-refractivity contribution in [1.82, 2.24) is 14.5 Å². The molecule has 154 valence electrons. The molecule has 9 nitrogen and oxygen atoms in total. The maximum atomic E-state index is 13.1. The monoisotopic (exact) mass is 410 g/mol. The Kier molecular flexibility index (Phi) is 6.21. The Balaban J connectivity index is 1.78. The molecule has 28 heavy (non-hydrogen) atoms. The molecule has 1 aromatic carbocycles. The average molecular weight is 410 g/mol. The summed E-state index contributed by atoms with van der Waals surface area (Å²) in [6.07, 6.45) is 2.23. The van der Waals surface area contributed by atoms with Gasteiger partial charge in [-0.05, 0) is 42.5 Å². The van der Waals surface area contributed by atoms with E-state index in [1.807, 2.05) is 6.07 Å². The predicted octanol–water partition coefficient (Wildman–Crippen LogP) is 0.0391. The smallest absolute Gasteiger partial charge is 0.312 e. The van der Waals surface area contributed by atoms with Crippen LogP contribution in [0.1, 0.15) is 24.0 Å². The normalized spacial score (nSPS) is 20.0. The summed E-state index contributed by atoms with van der Waals surface area (Å²) in [5, 5.41) is 2.29. The number of nitrogens with zero attached hydrogens (tertiary/aromatic N) is 2. The zero-order valence-electron chi connectivity index (χ0n) is 15.9. The van der Waals surface area contributed by atoms with Crippen LogP contribution in [0, 0.1) is 0 Å². The molecule has 0 bridgehead atoms. The average Bonchev–Trinajstić information content (AvgIpc) is 3.14. The van der Waals surface area contributed by atoms with Gasteiger partial charge in [0.1, 0.15) is 0 Å². The van der Waals surface area contributed by atoms with Crippen LogP contribution in [0.5, 0.6) is 0 Å². The van der Waals surface area contributed by atoms with Gasteiger partial charge in [-0.15, -0.1) is 0 Å². The van der Waals surface area contributed by atoms with Crippen molar-refractivity contribution in [2.24, 2.45) is 5.73 Å². The molecular weight excluding hydrogens is 384 g/mol. The van der Waals surface area contributed by atoms with E-state index in [4.69, 9.17) is 10.5 Å². The van der Waals surface area contributed by atoms with E-state index in [9.17, 15) is 18.0 Å². The van der Waals surface area contributed by atoms with Gasteiger partial charge in [0, 0.05) is 32.8 Å². The molecule has 1 atom stereocenters. The third-order valence-electron chi connectivity index (χ3n) is 5.25. The number of ether oxygens (including phenoxy) is 1. The SMILES string of the molecule is COC[C@H]1CCCN1S(=O)(=O)c1ccc2c(c1)CN(C(=O)CNC(N)=O)CC2. The van der Waals surface area contributed by atoms with E-state index >= 15 is 0 Å². The number of sulfonamides is 1. The zero-order chi connectivity index (χ0) is 20.3. The van der Waals surface area contributed by atoms with Gasteiger partial charge in [0.05, 0.1) is 18.0 Å². The first kappa shape index (κ1) is 20.6. The van der Waals surface area contributed by atoms with Crippen LogP contribution in [-0.2, 0) is 32.5 Å². The van der Waals surface area contributed by atoms with E-state index in [1.165, 1.54) is 4.31 Å². The van der Waals surface area contributed by atoms with Crippen molar-refractivity contribution in [3.05, 3.63) is 29.3 Å². The highest BCUT2D eigenvalue weighted by Crippen LogP contribution is 2.29. The summed E-state index contributed by atoms with van der Waals surface area (Å²) < 4.78 is 32.9. The van der Waals surface area contributed by atoms with Crippen molar-refractivity contribution in [2.75, 3.05) is 33.4 Å². The van der Waals surface area contributed by atoms with E-state index in [1.54, 1.807) is 24.1 Å². The van der Waals surface area contributed by atoms with E-state index in [0.717, 1.165) is 24.0 Å². The fourth-order valence-corrected chi connectivity index (χ4v) is 5.53. The first-order valence-electron chi connectivity index (χ1n) is 9.26. The molecule has 0 aromatic heterocycles. The van der Waals surface area contributed by atoms with Gasteiger partial charge in [0.2, 0.25) is 15.9 Å². The van der Waals surface area contributed by atoms with Crippen LogP contribution in [0.2, 0.25) is 0 Å². The number of nitrogens with one attached hydrogen (secondary N) is 1. The maximum absolute atomic E-state index is 13.1. The Morgan fingerprint density at radius 1 is 1.29 bits per heavy atom. The molecule has 3 rings (SSSR count). The number of nitrogens with two attached hydrogens (primary N) is 1. The number of fused-ring (bicyclic) bond motifs is 1. The summed E-state index contributed by atoms with van der Waals surface area (Å²) in [6, 6.07) is 4.22. The number of methoxy groups -OCH3 is 1. The molecule has 2 heterocycles. The van der Waals surface area contributed by atoms with Crippen LogP contribution in [-0.4, -0.2) is 69.0 Å². The first-order chi connectivity index (χ1) is 13.3. The first-order valence-corrected chi connectivity index (χ1v) is 10.7. The Labute approximate surface area is 164 Å². The third kappa shape index (κ3) is 4.29. The van der Waals surface area contributed by atoms with Crippen LogP contribution in [0.15, 0.2) is 23.1 Å². The standard InChI is InChI=1S/C18H26N4O5S/c1-27-12-15-3-2-7-22(15)28(25,26)16-5-4-13-6-8-21(11-14(13)9-16)17(23)10-20-18(19)24/h4-5,9,15H,2-3,6-8,10-12H2,1H3,(H3,19,20,24)/t15-/m1/s1. The van der Waals surface area contributed by atoms with Crippen LogP contribution in [0.4, 0.5) is 4.79 Å². The quantitative estimate of drug-likeness (QED) is 0.686. The number of urea groups is 1. The number of hydrogen-bond donors (Lipinski definition) is 2. The van der Waals surface area contributed by atoms with Gasteiger partial charge >= 0.3 is 6.03 Å². The molecule has 0 aliphatic carbocycles. The van der Waals surface area contributed by atoms with Crippen LogP contribution < -0.4 is 11.1 Å². The summed E-state index contributed by atoms with van der Waals surface area (Å²) in [5.41, 5.74) is 6.84. The second-order valence-corrected chi connectivity index (χ2v) is 8.97. The minimum atomic E-state index is -3.63. The number of benzene rings is 1. The minimum Gasteiger partial charge on any atom is -0.383 e. The minimum absolute atomic E-state index is 0.149. The molecule has 0 spiro atoms. The van der Waals surface area contributed by atoms with Crippen LogP contribution in [0.3, 0.4) is 0 Å². The van der Waals surface area contributed by atoms with Gasteiger partial charge in [0.25, 0.3) is 0 Å². The Morgan fingerprint density at radius 3 is 2.79 bits per heavy atom. The molecule has 2 aliphatic rings. The maximum Gasteiger partial charge on any atom is 0.312 e. The lowest BCUT2D eigenvalue weighted by Crippen LogP contribution is -2.44. The lowest BCUT2D eigenvalue weighted by molar-refractivity contribution is -0.130. The summed E-state index contributed by atoms with van der Waals surface area (Å²) >= 11 is 0. The highest BCUT2D eigenvalue weighted by atomic mass is 32.2. The van der Waals surface area contributed by atoms with Gasteiger partial charge in [-0.25, -0.2) is 13.2 Å². The topological polar surface area (TPSA) is 122 Å². The lowest BCUT2D eigenvalue weighted by Gasteiger charge is -2.30. The van der Waals surface area contributed by atoms with Crippen molar-refractivity contribution in [2.45, 2.75) is 36.7 Å². The van der Waals surface area contributed by atoms with Gasteiger partial charge in [-0.2, -0.15) is 4.31 Å². The van der Waals surface area contributed by atoms with Crippen molar-refractivity contribution in [3.8, 4) is 0 Å².